The Kier molecular flexibility index (Phi) is 5.91. The fraction of sp³-hybridized carbons (Fsp3) is 0.310. The molecule has 0 spiro atoms. The van der Waals surface area contributed by atoms with Crippen LogP contribution in [0, 0.1) is 6.92 Å². The predicted octanol–water partition coefficient (Wildman–Crippen LogP) is 9.65. The van der Waals surface area contributed by atoms with Gasteiger partial charge in [-0.2, -0.15) is 0 Å². The van der Waals surface area contributed by atoms with Gasteiger partial charge in [-0.15, -0.1) is 0 Å². The van der Waals surface area contributed by atoms with Crippen LogP contribution in [-0.4, -0.2) is 5.75 Å². The van der Waals surface area contributed by atoms with Gasteiger partial charge in [0.2, 0.25) is 0 Å². The van der Waals surface area contributed by atoms with Crippen molar-refractivity contribution in [1.29, 1.82) is 0 Å². The van der Waals surface area contributed by atoms with E-state index in [0.29, 0.717) is 0 Å². The number of fused-ring (bicyclic) bond motifs is 7. The summed E-state index contributed by atoms with van der Waals surface area (Å²) in [5.41, 5.74) is 2.32. The maximum absolute atomic E-state index is 6.18. The van der Waals surface area contributed by atoms with Crippen LogP contribution < -0.4 is 0 Å². The first kappa shape index (κ1) is 20.5. The number of thioether (sulfide) groups is 1. The molecule has 1 heterocycles. The van der Waals surface area contributed by atoms with Crippen LogP contribution in [-0.2, 0) is 0 Å². The van der Waals surface area contributed by atoms with E-state index in [4.69, 9.17) is 4.42 Å². The Morgan fingerprint density at radius 2 is 1.26 bits per heavy atom. The van der Waals surface area contributed by atoms with Crippen molar-refractivity contribution in [1.82, 2.24) is 0 Å². The lowest BCUT2D eigenvalue weighted by atomic mass is 9.94. The average Bonchev–Trinajstić information content (AvgIpc) is 3.21. The molecule has 4 aromatic carbocycles. The minimum Gasteiger partial charge on any atom is -0.450 e. The zero-order valence-corrected chi connectivity index (χ0v) is 19.4. The van der Waals surface area contributed by atoms with Crippen molar-refractivity contribution < 1.29 is 4.42 Å². The van der Waals surface area contributed by atoms with Crippen LogP contribution in [0.25, 0.3) is 43.3 Å². The number of unbranched alkanes of at least 4 members (excludes halogenated alkanes) is 5. The molecule has 0 aliphatic rings. The first-order chi connectivity index (χ1) is 15.3. The first-order valence-electron chi connectivity index (χ1n) is 11.7. The Labute approximate surface area is 188 Å². The van der Waals surface area contributed by atoms with Crippen molar-refractivity contribution in [2.24, 2.45) is 0 Å². The van der Waals surface area contributed by atoms with Gasteiger partial charge < -0.3 is 4.42 Å². The summed E-state index contributed by atoms with van der Waals surface area (Å²) in [6.45, 7) is 4.46. The number of hydrogen-bond acceptors (Lipinski definition) is 2. The van der Waals surface area contributed by atoms with E-state index in [-0.39, 0.29) is 0 Å². The van der Waals surface area contributed by atoms with E-state index in [1.807, 2.05) is 11.8 Å². The van der Waals surface area contributed by atoms with Crippen LogP contribution in [0.5, 0.6) is 0 Å². The van der Waals surface area contributed by atoms with Crippen molar-refractivity contribution in [2.75, 3.05) is 5.75 Å². The molecule has 0 bridgehead atoms. The standard InChI is InChI=1S/C29H30OS/c1-3-4-5-6-7-8-18-31-29-19-27-26-15-14-23-22-11-9-10-20(2)21(22)12-13-24(23)25(26)16-17-28(27)30-29/h9-17,19H,3-8,18H2,1-2H3. The maximum atomic E-state index is 6.18. The molecule has 0 unspecified atom stereocenters. The van der Waals surface area contributed by atoms with Gasteiger partial charge in [-0.1, -0.05) is 99.3 Å². The molecular weight excluding hydrogens is 396 g/mol. The van der Waals surface area contributed by atoms with E-state index in [0.717, 1.165) is 16.4 Å². The molecule has 0 saturated heterocycles. The summed E-state index contributed by atoms with van der Waals surface area (Å²) in [5, 5.41) is 10.2. The third kappa shape index (κ3) is 3.94. The molecule has 0 N–H and O–H groups in total. The van der Waals surface area contributed by atoms with E-state index in [1.165, 1.54) is 81.8 Å². The molecule has 0 radical (unpaired) electrons. The molecule has 0 aliphatic carbocycles. The highest BCUT2D eigenvalue weighted by atomic mass is 32.2. The van der Waals surface area contributed by atoms with Crippen LogP contribution >= 0.6 is 11.8 Å². The molecule has 5 rings (SSSR count). The number of aryl methyl sites for hydroxylation is 1. The maximum Gasteiger partial charge on any atom is 0.161 e. The second kappa shape index (κ2) is 8.96. The largest absolute Gasteiger partial charge is 0.450 e. The summed E-state index contributed by atoms with van der Waals surface area (Å²) in [6, 6.07) is 22.3. The number of furan rings is 1. The second-order valence-electron chi connectivity index (χ2n) is 8.65. The minimum atomic E-state index is 0.994. The summed E-state index contributed by atoms with van der Waals surface area (Å²) >= 11 is 1.86. The first-order valence-corrected chi connectivity index (χ1v) is 12.6. The normalized spacial score (nSPS) is 11.9. The zero-order valence-electron chi connectivity index (χ0n) is 18.5. The van der Waals surface area contributed by atoms with Crippen LogP contribution in [0.1, 0.15) is 51.0 Å². The van der Waals surface area contributed by atoms with Crippen LogP contribution in [0.2, 0.25) is 0 Å². The molecule has 0 fully saturated rings. The van der Waals surface area contributed by atoms with Gasteiger partial charge in [-0.05, 0) is 63.4 Å². The second-order valence-corrected chi connectivity index (χ2v) is 9.75. The summed E-state index contributed by atoms with van der Waals surface area (Å²) < 4.78 is 6.18. The zero-order chi connectivity index (χ0) is 21.2. The summed E-state index contributed by atoms with van der Waals surface area (Å²) in [5.74, 6) is 1.14. The number of hydrogen-bond donors (Lipinski definition) is 0. The van der Waals surface area contributed by atoms with Crippen molar-refractivity contribution >= 4 is 55.0 Å². The fourth-order valence-corrected chi connectivity index (χ4v) is 5.67. The Hall–Kier alpha value is -2.45. The van der Waals surface area contributed by atoms with Gasteiger partial charge in [-0.3, -0.25) is 0 Å². The molecule has 2 heteroatoms. The third-order valence-corrected chi connectivity index (χ3v) is 7.47. The van der Waals surface area contributed by atoms with Gasteiger partial charge in [0.15, 0.2) is 5.09 Å². The van der Waals surface area contributed by atoms with E-state index in [2.05, 4.69) is 74.5 Å². The van der Waals surface area contributed by atoms with Crippen LogP contribution in [0.4, 0.5) is 0 Å². The van der Waals surface area contributed by atoms with Crippen molar-refractivity contribution in [3.63, 3.8) is 0 Å². The van der Waals surface area contributed by atoms with E-state index in [9.17, 15) is 0 Å². The molecule has 1 aromatic heterocycles. The molecule has 0 aliphatic heterocycles. The lowest BCUT2D eigenvalue weighted by Crippen LogP contribution is -1.83. The predicted molar refractivity (Wildman–Crippen MR) is 138 cm³/mol. The highest BCUT2D eigenvalue weighted by molar-refractivity contribution is 7.99. The molecule has 0 atom stereocenters. The molecule has 0 amide bonds. The van der Waals surface area contributed by atoms with Gasteiger partial charge in [0.25, 0.3) is 0 Å². The molecule has 5 aromatic rings. The Balaban J connectivity index is 1.45. The number of benzene rings is 4. The highest BCUT2D eigenvalue weighted by Crippen LogP contribution is 2.37. The van der Waals surface area contributed by atoms with E-state index >= 15 is 0 Å². The van der Waals surface area contributed by atoms with Gasteiger partial charge >= 0.3 is 0 Å². The molecular formula is C29H30OS. The lowest BCUT2D eigenvalue weighted by molar-refractivity contribution is 0.514. The van der Waals surface area contributed by atoms with Gasteiger partial charge in [0.1, 0.15) is 5.58 Å². The molecule has 158 valence electrons. The number of rotatable bonds is 8. The topological polar surface area (TPSA) is 13.1 Å². The monoisotopic (exact) mass is 426 g/mol. The van der Waals surface area contributed by atoms with Crippen molar-refractivity contribution in [3.8, 4) is 0 Å². The summed E-state index contributed by atoms with van der Waals surface area (Å²) in [7, 11) is 0. The Morgan fingerprint density at radius 1 is 0.645 bits per heavy atom. The fourth-order valence-electron chi connectivity index (χ4n) is 4.77. The highest BCUT2D eigenvalue weighted by Gasteiger charge is 2.11. The molecule has 1 nitrogen and oxygen atoms in total. The Bertz CT molecular complexity index is 1360. The minimum absolute atomic E-state index is 0.994. The quantitative estimate of drug-likeness (QED) is 0.139. The van der Waals surface area contributed by atoms with Crippen molar-refractivity contribution in [3.05, 3.63) is 66.2 Å². The smallest absolute Gasteiger partial charge is 0.161 e. The molecule has 0 saturated carbocycles. The average molecular weight is 427 g/mol. The van der Waals surface area contributed by atoms with Crippen LogP contribution in [0.15, 0.2) is 70.2 Å². The van der Waals surface area contributed by atoms with E-state index < -0.39 is 0 Å². The van der Waals surface area contributed by atoms with Gasteiger partial charge in [0.05, 0.1) is 0 Å². The van der Waals surface area contributed by atoms with Gasteiger partial charge in [0, 0.05) is 11.1 Å². The third-order valence-electron chi connectivity index (χ3n) is 6.49. The Morgan fingerprint density at radius 3 is 2.03 bits per heavy atom. The SMILES string of the molecule is CCCCCCCCSc1cc2c(ccc3c2ccc2c4cccc(C)c4ccc23)o1. The van der Waals surface area contributed by atoms with Crippen molar-refractivity contribution in [2.45, 2.75) is 57.5 Å². The van der Waals surface area contributed by atoms with E-state index in [1.54, 1.807) is 0 Å². The van der Waals surface area contributed by atoms with Gasteiger partial charge in [-0.25, -0.2) is 0 Å². The lowest BCUT2D eigenvalue weighted by Gasteiger charge is -2.09. The molecule has 31 heavy (non-hydrogen) atoms. The summed E-state index contributed by atoms with van der Waals surface area (Å²) in [4.78, 5) is 0. The summed E-state index contributed by atoms with van der Waals surface area (Å²) in [6.07, 6.45) is 8.01. The van der Waals surface area contributed by atoms with Crippen LogP contribution in [0.3, 0.4) is 0 Å².